The Balaban J connectivity index is 0.00000324. The predicted octanol–water partition coefficient (Wildman–Crippen LogP) is 4.05. The molecule has 2 heterocycles. The molecule has 180 valence electrons. The van der Waals surface area contributed by atoms with Crippen molar-refractivity contribution in [3.05, 3.63) is 89.9 Å². The van der Waals surface area contributed by atoms with Gasteiger partial charge < -0.3 is 24.3 Å². The summed E-state index contributed by atoms with van der Waals surface area (Å²) >= 11 is 0. The molecular weight excluding hydrogens is 543 g/mol. The summed E-state index contributed by atoms with van der Waals surface area (Å²) in [6.45, 7) is 4.11. The van der Waals surface area contributed by atoms with Crippen LogP contribution in [0.1, 0.15) is 21.7 Å². The first-order valence-electron chi connectivity index (χ1n) is 11.3. The van der Waals surface area contributed by atoms with Gasteiger partial charge in [-0.05, 0) is 41.8 Å². The number of hydrogen-bond donors (Lipinski definition) is 1. The number of furan rings is 1. The van der Waals surface area contributed by atoms with Crippen molar-refractivity contribution in [3.63, 3.8) is 0 Å². The molecular formula is C26H31IN4O3. The van der Waals surface area contributed by atoms with Crippen LogP contribution in [0, 0.1) is 0 Å². The number of piperazine rings is 1. The molecule has 1 aromatic heterocycles. The standard InChI is InChI=1S/C26H30N4O3.HI/c1-27-26(30-17-15-29(16-18-30)25(31)24-8-5-19-32-24)28-14-13-21-9-11-23(12-10-21)33-20-22-6-3-2-4-7-22;/h2-12,19H,13-18,20H2,1H3,(H,27,28);1H. The zero-order chi connectivity index (χ0) is 22.9. The van der Waals surface area contributed by atoms with Crippen LogP contribution in [-0.4, -0.2) is 61.4 Å². The molecule has 34 heavy (non-hydrogen) atoms. The normalized spacial score (nSPS) is 13.9. The van der Waals surface area contributed by atoms with Gasteiger partial charge in [0.1, 0.15) is 12.4 Å². The number of amides is 1. The number of halogens is 1. The number of nitrogens with one attached hydrogen (secondary N) is 1. The number of ether oxygens (including phenoxy) is 1. The maximum Gasteiger partial charge on any atom is 0.289 e. The van der Waals surface area contributed by atoms with E-state index in [1.54, 1.807) is 19.2 Å². The number of nitrogens with zero attached hydrogens (tertiary/aromatic N) is 3. The summed E-state index contributed by atoms with van der Waals surface area (Å²) in [4.78, 5) is 20.9. The molecule has 0 radical (unpaired) electrons. The highest BCUT2D eigenvalue weighted by atomic mass is 127. The van der Waals surface area contributed by atoms with Crippen molar-refractivity contribution in [3.8, 4) is 5.75 Å². The fourth-order valence-electron chi connectivity index (χ4n) is 3.82. The summed E-state index contributed by atoms with van der Waals surface area (Å²) in [6.07, 6.45) is 2.41. The van der Waals surface area contributed by atoms with Gasteiger partial charge in [0.05, 0.1) is 6.26 Å². The molecule has 1 N–H and O–H groups in total. The number of carbonyl (C=O) groups excluding carboxylic acids is 1. The molecule has 2 aromatic carbocycles. The second-order valence-electron chi connectivity index (χ2n) is 7.90. The third kappa shape index (κ3) is 6.99. The fraction of sp³-hybridized carbons (Fsp3) is 0.308. The molecule has 1 amide bonds. The van der Waals surface area contributed by atoms with Gasteiger partial charge >= 0.3 is 0 Å². The van der Waals surface area contributed by atoms with Crippen LogP contribution < -0.4 is 10.1 Å². The summed E-state index contributed by atoms with van der Waals surface area (Å²) in [7, 11) is 1.79. The van der Waals surface area contributed by atoms with Crippen molar-refractivity contribution in [2.75, 3.05) is 39.8 Å². The minimum atomic E-state index is -0.0567. The maximum atomic E-state index is 12.4. The first kappa shape index (κ1) is 25.6. The van der Waals surface area contributed by atoms with Crippen molar-refractivity contribution in [2.45, 2.75) is 13.0 Å². The first-order valence-corrected chi connectivity index (χ1v) is 11.3. The van der Waals surface area contributed by atoms with Gasteiger partial charge in [-0.3, -0.25) is 9.79 Å². The van der Waals surface area contributed by atoms with Gasteiger partial charge in [-0.15, -0.1) is 24.0 Å². The van der Waals surface area contributed by atoms with Gasteiger partial charge in [0.15, 0.2) is 11.7 Å². The van der Waals surface area contributed by atoms with Crippen molar-refractivity contribution >= 4 is 35.8 Å². The Hall–Kier alpha value is -3.01. The summed E-state index contributed by atoms with van der Waals surface area (Å²) in [5, 5.41) is 3.44. The number of benzene rings is 2. The van der Waals surface area contributed by atoms with E-state index in [-0.39, 0.29) is 29.9 Å². The maximum absolute atomic E-state index is 12.4. The van der Waals surface area contributed by atoms with Crippen molar-refractivity contribution < 1.29 is 13.9 Å². The molecule has 4 rings (SSSR count). The van der Waals surface area contributed by atoms with E-state index in [2.05, 4.69) is 39.5 Å². The molecule has 1 saturated heterocycles. The fourth-order valence-corrected chi connectivity index (χ4v) is 3.82. The lowest BCUT2D eigenvalue weighted by Gasteiger charge is -2.36. The lowest BCUT2D eigenvalue weighted by Crippen LogP contribution is -2.53. The summed E-state index contributed by atoms with van der Waals surface area (Å²) < 4.78 is 11.1. The highest BCUT2D eigenvalue weighted by molar-refractivity contribution is 14.0. The van der Waals surface area contributed by atoms with Crippen LogP contribution in [0.15, 0.2) is 82.4 Å². The Kier molecular flexibility index (Phi) is 9.81. The molecule has 0 bridgehead atoms. The number of hydrogen-bond acceptors (Lipinski definition) is 4. The monoisotopic (exact) mass is 574 g/mol. The Morgan fingerprint density at radius 1 is 0.941 bits per heavy atom. The van der Waals surface area contributed by atoms with Crippen molar-refractivity contribution in [2.24, 2.45) is 4.99 Å². The topological polar surface area (TPSA) is 70.3 Å². The van der Waals surface area contributed by atoms with Crippen LogP contribution >= 0.6 is 24.0 Å². The largest absolute Gasteiger partial charge is 0.489 e. The van der Waals surface area contributed by atoms with Gasteiger partial charge in [0.25, 0.3) is 5.91 Å². The van der Waals surface area contributed by atoms with E-state index in [1.807, 2.05) is 35.2 Å². The molecule has 0 saturated carbocycles. The SMILES string of the molecule is CN=C(NCCc1ccc(OCc2ccccc2)cc1)N1CCN(C(=O)c2ccco2)CC1.I. The average molecular weight is 574 g/mol. The molecule has 0 spiro atoms. The number of aliphatic imine (C=N–C) groups is 1. The van der Waals surface area contributed by atoms with Crippen molar-refractivity contribution in [1.82, 2.24) is 15.1 Å². The minimum absolute atomic E-state index is 0. The summed E-state index contributed by atoms with van der Waals surface area (Å²) in [5.74, 6) is 2.07. The Bertz CT molecular complexity index is 1030. The van der Waals surface area contributed by atoms with Gasteiger partial charge in [-0.25, -0.2) is 0 Å². The van der Waals surface area contributed by atoms with E-state index < -0.39 is 0 Å². The Morgan fingerprint density at radius 2 is 1.65 bits per heavy atom. The molecule has 1 aliphatic heterocycles. The molecule has 8 heteroatoms. The summed E-state index contributed by atoms with van der Waals surface area (Å²) in [5.41, 5.74) is 2.39. The van der Waals surface area contributed by atoms with Gasteiger partial charge in [-0.1, -0.05) is 42.5 Å². The lowest BCUT2D eigenvalue weighted by atomic mass is 10.1. The number of guanidine groups is 1. The van der Waals surface area contributed by atoms with Crippen molar-refractivity contribution in [1.29, 1.82) is 0 Å². The van der Waals surface area contributed by atoms with E-state index in [9.17, 15) is 4.79 Å². The van der Waals surface area contributed by atoms with Crippen LogP contribution in [0.5, 0.6) is 5.75 Å². The van der Waals surface area contributed by atoms with Gasteiger partial charge in [0.2, 0.25) is 0 Å². The van der Waals surface area contributed by atoms with Crippen LogP contribution in [0.3, 0.4) is 0 Å². The molecule has 3 aromatic rings. The Labute approximate surface area is 217 Å². The Morgan fingerprint density at radius 3 is 2.29 bits per heavy atom. The lowest BCUT2D eigenvalue weighted by molar-refractivity contribution is 0.0658. The molecule has 0 unspecified atom stereocenters. The van der Waals surface area contributed by atoms with Gasteiger partial charge in [-0.2, -0.15) is 0 Å². The van der Waals surface area contributed by atoms with Crippen LogP contribution in [0.25, 0.3) is 0 Å². The second-order valence-corrected chi connectivity index (χ2v) is 7.90. The molecule has 7 nitrogen and oxygen atoms in total. The molecule has 0 aliphatic carbocycles. The summed E-state index contributed by atoms with van der Waals surface area (Å²) in [6, 6.07) is 21.8. The van der Waals surface area contributed by atoms with E-state index in [1.165, 1.54) is 11.8 Å². The highest BCUT2D eigenvalue weighted by Crippen LogP contribution is 2.15. The molecule has 1 fully saturated rings. The van der Waals surface area contributed by atoms with E-state index >= 15 is 0 Å². The average Bonchev–Trinajstić information content (AvgIpc) is 3.42. The molecule has 0 atom stereocenters. The van der Waals surface area contributed by atoms with Gasteiger partial charge in [0, 0.05) is 39.8 Å². The highest BCUT2D eigenvalue weighted by Gasteiger charge is 2.25. The van der Waals surface area contributed by atoms with Crippen LogP contribution in [-0.2, 0) is 13.0 Å². The zero-order valence-corrected chi connectivity index (χ0v) is 21.7. The number of rotatable bonds is 7. The third-order valence-electron chi connectivity index (χ3n) is 5.68. The van der Waals surface area contributed by atoms with Crippen LogP contribution in [0.4, 0.5) is 0 Å². The predicted molar refractivity (Wildman–Crippen MR) is 144 cm³/mol. The first-order chi connectivity index (χ1) is 16.2. The van der Waals surface area contributed by atoms with E-state index in [4.69, 9.17) is 9.15 Å². The zero-order valence-electron chi connectivity index (χ0n) is 19.4. The minimum Gasteiger partial charge on any atom is -0.489 e. The molecule has 1 aliphatic rings. The van der Waals surface area contributed by atoms with E-state index in [0.717, 1.165) is 43.3 Å². The second kappa shape index (κ2) is 13.0. The quantitative estimate of drug-likeness (QED) is 0.262. The number of carbonyl (C=O) groups is 1. The van der Waals surface area contributed by atoms with E-state index in [0.29, 0.717) is 25.5 Å². The third-order valence-corrected chi connectivity index (χ3v) is 5.68. The van der Waals surface area contributed by atoms with Crippen LogP contribution in [0.2, 0.25) is 0 Å². The smallest absolute Gasteiger partial charge is 0.289 e.